The Balaban J connectivity index is 1.58. The maximum Gasteiger partial charge on any atom is 0.326 e. The van der Waals surface area contributed by atoms with Crippen molar-refractivity contribution in [1.29, 1.82) is 0 Å². The fourth-order valence-electron chi connectivity index (χ4n) is 2.54. The zero-order valence-electron chi connectivity index (χ0n) is 11.8. The fourth-order valence-corrected chi connectivity index (χ4v) is 2.54. The quantitative estimate of drug-likeness (QED) is 0.887. The number of carboxylic acids is 1. The van der Waals surface area contributed by atoms with Gasteiger partial charge in [0.05, 0.1) is 6.26 Å². The van der Waals surface area contributed by atoms with Crippen molar-refractivity contribution in [3.05, 3.63) is 24.3 Å². The summed E-state index contributed by atoms with van der Waals surface area (Å²) in [6.07, 6.45) is 3.14. The predicted octanol–water partition coefficient (Wildman–Crippen LogP) is 1.34. The van der Waals surface area contributed by atoms with E-state index in [1.807, 2.05) is 0 Å². The number of aromatic nitrogens is 2. The lowest BCUT2D eigenvalue weighted by molar-refractivity contribution is -0.148. The lowest BCUT2D eigenvalue weighted by Gasteiger charge is -2.20. The highest BCUT2D eigenvalue weighted by molar-refractivity contribution is 5.84. The van der Waals surface area contributed by atoms with Crippen molar-refractivity contribution in [1.82, 2.24) is 15.0 Å². The standard InChI is InChI=1S/C14H15N3O5/c18-12(17-7-1-3-9(17)14(19)20)6-5-11-15-13(16-22-11)10-4-2-8-21-10/h2,4,8-9H,1,3,5-7H2,(H,19,20)/t9-/m0/s1. The van der Waals surface area contributed by atoms with Crippen molar-refractivity contribution in [2.75, 3.05) is 6.54 Å². The van der Waals surface area contributed by atoms with Crippen LogP contribution in [0.1, 0.15) is 25.2 Å². The van der Waals surface area contributed by atoms with E-state index < -0.39 is 12.0 Å². The van der Waals surface area contributed by atoms with Crippen LogP contribution in [0, 0.1) is 0 Å². The van der Waals surface area contributed by atoms with Gasteiger partial charge in [-0.1, -0.05) is 5.16 Å². The second-order valence-corrected chi connectivity index (χ2v) is 5.07. The molecule has 1 amide bonds. The summed E-state index contributed by atoms with van der Waals surface area (Å²) in [7, 11) is 0. The summed E-state index contributed by atoms with van der Waals surface area (Å²) in [5, 5.41) is 12.9. The van der Waals surface area contributed by atoms with Gasteiger partial charge in [-0.2, -0.15) is 4.98 Å². The van der Waals surface area contributed by atoms with E-state index in [1.54, 1.807) is 12.1 Å². The lowest BCUT2D eigenvalue weighted by Crippen LogP contribution is -2.40. The molecule has 0 bridgehead atoms. The molecule has 1 aliphatic rings. The summed E-state index contributed by atoms with van der Waals surface area (Å²) in [6, 6.07) is 2.71. The Labute approximate surface area is 125 Å². The van der Waals surface area contributed by atoms with Crippen molar-refractivity contribution < 1.29 is 23.6 Å². The minimum atomic E-state index is -0.955. The first-order valence-corrected chi connectivity index (χ1v) is 7.04. The molecule has 0 saturated carbocycles. The van der Waals surface area contributed by atoms with Gasteiger partial charge in [-0.15, -0.1) is 0 Å². The van der Waals surface area contributed by atoms with Crippen LogP contribution >= 0.6 is 0 Å². The summed E-state index contributed by atoms with van der Waals surface area (Å²) in [4.78, 5) is 28.8. The number of rotatable bonds is 5. The van der Waals surface area contributed by atoms with Gasteiger partial charge in [0.2, 0.25) is 17.6 Å². The van der Waals surface area contributed by atoms with E-state index in [0.717, 1.165) is 0 Å². The zero-order chi connectivity index (χ0) is 15.5. The molecule has 3 heterocycles. The summed E-state index contributed by atoms with van der Waals surface area (Å²) in [6.45, 7) is 0.483. The normalized spacial score (nSPS) is 17.8. The minimum Gasteiger partial charge on any atom is -0.480 e. The van der Waals surface area contributed by atoms with Gasteiger partial charge in [0.15, 0.2) is 5.76 Å². The molecule has 1 atom stereocenters. The van der Waals surface area contributed by atoms with Crippen molar-refractivity contribution in [2.24, 2.45) is 0 Å². The molecule has 2 aromatic heterocycles. The second-order valence-electron chi connectivity index (χ2n) is 5.07. The van der Waals surface area contributed by atoms with Crippen molar-refractivity contribution in [3.63, 3.8) is 0 Å². The number of carboxylic acid groups (broad SMARTS) is 1. The number of nitrogens with zero attached hydrogens (tertiary/aromatic N) is 3. The van der Waals surface area contributed by atoms with Gasteiger partial charge >= 0.3 is 5.97 Å². The van der Waals surface area contributed by atoms with Crippen LogP contribution in [-0.2, 0) is 16.0 Å². The van der Waals surface area contributed by atoms with Gasteiger partial charge in [-0.05, 0) is 25.0 Å². The molecule has 8 heteroatoms. The molecule has 0 aliphatic carbocycles. The van der Waals surface area contributed by atoms with Gasteiger partial charge in [-0.3, -0.25) is 4.79 Å². The first-order valence-electron chi connectivity index (χ1n) is 7.04. The number of hydrogen-bond donors (Lipinski definition) is 1. The third-order valence-electron chi connectivity index (χ3n) is 3.62. The van der Waals surface area contributed by atoms with Crippen LogP contribution in [0.5, 0.6) is 0 Å². The Kier molecular flexibility index (Phi) is 3.90. The minimum absolute atomic E-state index is 0.142. The van der Waals surface area contributed by atoms with E-state index in [-0.39, 0.29) is 18.7 Å². The van der Waals surface area contributed by atoms with Gasteiger partial charge in [0.1, 0.15) is 6.04 Å². The topological polar surface area (TPSA) is 110 Å². The lowest BCUT2D eigenvalue weighted by atomic mass is 10.2. The molecule has 1 fully saturated rings. The summed E-state index contributed by atoms with van der Waals surface area (Å²) >= 11 is 0. The molecule has 0 radical (unpaired) electrons. The number of aryl methyl sites for hydroxylation is 1. The molecule has 1 N–H and O–H groups in total. The molecule has 0 unspecified atom stereocenters. The van der Waals surface area contributed by atoms with E-state index in [2.05, 4.69) is 10.1 Å². The maximum atomic E-state index is 12.1. The molecule has 2 aromatic rings. The Hall–Kier alpha value is -2.64. The van der Waals surface area contributed by atoms with Gasteiger partial charge in [0.25, 0.3) is 0 Å². The number of hydrogen-bond acceptors (Lipinski definition) is 6. The number of aliphatic carboxylic acids is 1. The van der Waals surface area contributed by atoms with Crippen molar-refractivity contribution in [2.45, 2.75) is 31.7 Å². The number of likely N-dealkylation sites (tertiary alicyclic amines) is 1. The van der Waals surface area contributed by atoms with E-state index in [1.165, 1.54) is 11.2 Å². The molecule has 8 nitrogen and oxygen atoms in total. The molecule has 22 heavy (non-hydrogen) atoms. The van der Waals surface area contributed by atoms with Crippen LogP contribution in [0.25, 0.3) is 11.6 Å². The summed E-state index contributed by atoms with van der Waals surface area (Å²) in [5.41, 5.74) is 0. The summed E-state index contributed by atoms with van der Waals surface area (Å²) in [5.74, 6) is -0.0129. The van der Waals surface area contributed by atoms with Gasteiger partial charge < -0.3 is 18.9 Å². The van der Waals surface area contributed by atoms with Crippen LogP contribution in [0.3, 0.4) is 0 Å². The Morgan fingerprint density at radius 2 is 2.32 bits per heavy atom. The number of carbonyl (C=O) groups is 2. The van der Waals surface area contributed by atoms with Crippen LogP contribution in [-0.4, -0.2) is 44.6 Å². The largest absolute Gasteiger partial charge is 0.480 e. The Morgan fingerprint density at radius 1 is 1.45 bits per heavy atom. The van der Waals surface area contributed by atoms with Crippen LogP contribution in [0.15, 0.2) is 27.3 Å². The van der Waals surface area contributed by atoms with E-state index >= 15 is 0 Å². The molecular weight excluding hydrogens is 290 g/mol. The number of amides is 1. The Bertz CT molecular complexity index is 664. The predicted molar refractivity (Wildman–Crippen MR) is 72.7 cm³/mol. The smallest absolute Gasteiger partial charge is 0.326 e. The van der Waals surface area contributed by atoms with Gasteiger partial charge in [0, 0.05) is 19.4 Å². The van der Waals surface area contributed by atoms with Crippen LogP contribution < -0.4 is 0 Å². The van der Waals surface area contributed by atoms with Gasteiger partial charge in [-0.25, -0.2) is 4.79 Å². The third kappa shape index (κ3) is 2.85. The maximum absolute atomic E-state index is 12.1. The van der Waals surface area contributed by atoms with E-state index in [9.17, 15) is 9.59 Å². The highest BCUT2D eigenvalue weighted by Gasteiger charge is 2.33. The molecule has 1 aliphatic heterocycles. The highest BCUT2D eigenvalue weighted by Crippen LogP contribution is 2.20. The van der Waals surface area contributed by atoms with E-state index in [0.29, 0.717) is 36.9 Å². The highest BCUT2D eigenvalue weighted by atomic mass is 16.5. The number of furan rings is 1. The first kappa shape index (κ1) is 14.3. The van der Waals surface area contributed by atoms with Crippen LogP contribution in [0.2, 0.25) is 0 Å². The first-order chi connectivity index (χ1) is 10.6. The molecule has 116 valence electrons. The van der Waals surface area contributed by atoms with Crippen molar-refractivity contribution >= 4 is 11.9 Å². The Morgan fingerprint density at radius 3 is 3.05 bits per heavy atom. The zero-order valence-corrected chi connectivity index (χ0v) is 11.8. The fraction of sp³-hybridized carbons (Fsp3) is 0.429. The molecule has 1 saturated heterocycles. The molecular formula is C14H15N3O5. The second kappa shape index (κ2) is 6.00. The van der Waals surface area contributed by atoms with E-state index in [4.69, 9.17) is 14.0 Å². The average molecular weight is 305 g/mol. The molecule has 0 spiro atoms. The average Bonchev–Trinajstić information content (AvgIpc) is 3.23. The molecule has 0 aromatic carbocycles. The SMILES string of the molecule is O=C(O)[C@@H]1CCCN1C(=O)CCc1nc(-c2ccco2)no1. The monoisotopic (exact) mass is 305 g/mol. The third-order valence-corrected chi connectivity index (χ3v) is 3.62. The van der Waals surface area contributed by atoms with Crippen molar-refractivity contribution in [3.8, 4) is 11.6 Å². The summed E-state index contributed by atoms with van der Waals surface area (Å²) < 4.78 is 10.2. The molecule has 3 rings (SSSR count). The van der Waals surface area contributed by atoms with Crippen LogP contribution in [0.4, 0.5) is 0 Å². The number of carbonyl (C=O) groups excluding carboxylic acids is 1.